The lowest BCUT2D eigenvalue weighted by Gasteiger charge is -2.11. The Kier molecular flexibility index (Phi) is 5.02. The van der Waals surface area contributed by atoms with E-state index in [1.807, 2.05) is 25.3 Å². The van der Waals surface area contributed by atoms with Gasteiger partial charge in [0.05, 0.1) is 11.0 Å². The molecule has 0 saturated carbocycles. The number of fused-ring (bicyclic) bond motifs is 1. The topological polar surface area (TPSA) is 67.8 Å². The van der Waals surface area contributed by atoms with Gasteiger partial charge in [0.25, 0.3) is 0 Å². The Balaban J connectivity index is 1.57. The number of aromatic nitrogens is 1. The van der Waals surface area contributed by atoms with Crippen LogP contribution in [0.5, 0.6) is 11.5 Å². The minimum Gasteiger partial charge on any atom is -0.454 e. The molecule has 0 unspecified atom stereocenters. The van der Waals surface area contributed by atoms with Crippen LogP contribution in [0.2, 0.25) is 0 Å². The molecule has 0 saturated heterocycles. The number of ether oxygens (including phenoxy) is 2. The summed E-state index contributed by atoms with van der Waals surface area (Å²) in [5.74, 6) is 2.25. The maximum absolute atomic E-state index is 5.43. The maximum Gasteiger partial charge on any atom is 0.231 e. The Morgan fingerprint density at radius 1 is 1.35 bits per heavy atom. The van der Waals surface area contributed by atoms with Gasteiger partial charge in [-0.25, -0.2) is 4.98 Å². The summed E-state index contributed by atoms with van der Waals surface area (Å²) < 4.78 is 11.7. The molecule has 0 fully saturated rings. The lowest BCUT2D eigenvalue weighted by molar-refractivity contribution is 0.173. The highest BCUT2D eigenvalue weighted by Crippen LogP contribution is 2.39. The minimum atomic E-state index is 0.265. The molecule has 0 spiro atoms. The largest absolute Gasteiger partial charge is 0.454 e. The minimum absolute atomic E-state index is 0.265. The summed E-state index contributed by atoms with van der Waals surface area (Å²) in [6, 6.07) is 3.98. The van der Waals surface area contributed by atoms with E-state index in [2.05, 4.69) is 36.5 Å². The Bertz CT molecular complexity index is 732. The summed E-state index contributed by atoms with van der Waals surface area (Å²) >= 11 is 5.18. The quantitative estimate of drug-likeness (QED) is 0.614. The highest BCUT2D eigenvalue weighted by molar-refractivity contribution is 9.10. The zero-order valence-corrected chi connectivity index (χ0v) is 15.3. The second-order valence-electron chi connectivity index (χ2n) is 4.96. The van der Waals surface area contributed by atoms with Gasteiger partial charge in [0.1, 0.15) is 5.01 Å². The van der Waals surface area contributed by atoms with Crippen LogP contribution < -0.4 is 20.1 Å². The molecule has 0 radical (unpaired) electrons. The van der Waals surface area contributed by atoms with Crippen LogP contribution in [0.4, 0.5) is 0 Å². The predicted octanol–water partition coefficient (Wildman–Crippen LogP) is 2.81. The molecule has 0 bridgehead atoms. The SMILES string of the molecule is CN=C(NCc1cc(Br)c2c(c1)OCO2)NCc1ncc(C)s1. The number of hydrogen-bond donors (Lipinski definition) is 2. The van der Waals surface area contributed by atoms with Crippen LogP contribution in [-0.4, -0.2) is 24.8 Å². The number of guanidine groups is 1. The highest BCUT2D eigenvalue weighted by Gasteiger charge is 2.17. The number of halogens is 1. The van der Waals surface area contributed by atoms with Crippen LogP contribution in [0, 0.1) is 6.92 Å². The molecule has 0 amide bonds. The maximum atomic E-state index is 5.43. The average Bonchev–Trinajstić information content (AvgIpc) is 3.16. The van der Waals surface area contributed by atoms with Gasteiger partial charge in [-0.1, -0.05) is 0 Å². The number of thiazole rings is 1. The fraction of sp³-hybridized carbons (Fsp3) is 0.333. The molecule has 1 aliphatic rings. The van der Waals surface area contributed by atoms with Crippen molar-refractivity contribution in [2.24, 2.45) is 4.99 Å². The number of aryl methyl sites for hydroxylation is 1. The van der Waals surface area contributed by atoms with Gasteiger partial charge in [-0.05, 0) is 40.5 Å². The second-order valence-corrected chi connectivity index (χ2v) is 7.13. The van der Waals surface area contributed by atoms with Crippen LogP contribution in [0.25, 0.3) is 0 Å². The normalized spacial score (nSPS) is 13.3. The van der Waals surface area contributed by atoms with E-state index in [0.717, 1.165) is 32.5 Å². The lowest BCUT2D eigenvalue weighted by Crippen LogP contribution is -2.36. The van der Waals surface area contributed by atoms with Crippen LogP contribution in [0.1, 0.15) is 15.4 Å². The standard InChI is InChI=1S/C15H17BrN4O2S/c1-9-5-18-13(23-9)7-20-15(17-2)19-6-10-3-11(16)14-12(4-10)21-8-22-14/h3-5H,6-8H2,1-2H3,(H2,17,19,20). The zero-order chi connectivity index (χ0) is 16.2. The summed E-state index contributed by atoms with van der Waals surface area (Å²) in [7, 11) is 1.75. The van der Waals surface area contributed by atoms with E-state index in [4.69, 9.17) is 9.47 Å². The van der Waals surface area contributed by atoms with Crippen LogP contribution in [-0.2, 0) is 13.1 Å². The van der Waals surface area contributed by atoms with Crippen molar-refractivity contribution < 1.29 is 9.47 Å². The predicted molar refractivity (Wildman–Crippen MR) is 94.2 cm³/mol. The number of benzene rings is 1. The molecule has 6 nitrogen and oxygen atoms in total. The van der Waals surface area contributed by atoms with Gasteiger partial charge in [0.2, 0.25) is 6.79 Å². The first-order valence-electron chi connectivity index (χ1n) is 7.09. The van der Waals surface area contributed by atoms with E-state index in [1.54, 1.807) is 18.4 Å². The van der Waals surface area contributed by atoms with E-state index in [-0.39, 0.29) is 6.79 Å². The van der Waals surface area contributed by atoms with Crippen molar-refractivity contribution in [2.75, 3.05) is 13.8 Å². The third-order valence-electron chi connectivity index (χ3n) is 3.25. The highest BCUT2D eigenvalue weighted by atomic mass is 79.9. The van der Waals surface area contributed by atoms with Gasteiger partial charge in [0.15, 0.2) is 17.5 Å². The number of rotatable bonds is 4. The van der Waals surface area contributed by atoms with Crippen LogP contribution in [0.15, 0.2) is 27.8 Å². The molecular weight excluding hydrogens is 380 g/mol. The van der Waals surface area contributed by atoms with Crippen LogP contribution in [0.3, 0.4) is 0 Å². The van der Waals surface area contributed by atoms with Gasteiger partial charge in [-0.15, -0.1) is 11.3 Å². The molecule has 1 aromatic heterocycles. The Labute approximate surface area is 147 Å². The molecular formula is C15H17BrN4O2S. The van der Waals surface area contributed by atoms with Crippen molar-refractivity contribution in [3.8, 4) is 11.5 Å². The third-order valence-corrected chi connectivity index (χ3v) is 4.75. The fourth-order valence-corrected chi connectivity index (χ4v) is 3.50. The molecule has 8 heteroatoms. The molecule has 2 N–H and O–H groups in total. The summed E-state index contributed by atoms with van der Waals surface area (Å²) in [5, 5.41) is 7.57. The molecule has 0 aliphatic carbocycles. The van der Waals surface area contributed by atoms with Crippen LogP contribution >= 0.6 is 27.3 Å². The molecule has 3 rings (SSSR count). The molecule has 0 atom stereocenters. The zero-order valence-electron chi connectivity index (χ0n) is 12.9. The molecule has 2 heterocycles. The lowest BCUT2D eigenvalue weighted by atomic mass is 10.2. The molecule has 23 heavy (non-hydrogen) atoms. The first kappa shape index (κ1) is 16.1. The van der Waals surface area contributed by atoms with Gasteiger partial charge >= 0.3 is 0 Å². The van der Waals surface area contributed by atoms with Crippen molar-refractivity contribution >= 4 is 33.2 Å². The molecule has 2 aromatic rings. The average molecular weight is 397 g/mol. The number of aliphatic imine (C=N–C) groups is 1. The Morgan fingerprint density at radius 2 is 2.17 bits per heavy atom. The van der Waals surface area contributed by atoms with Gasteiger partial charge < -0.3 is 20.1 Å². The second kappa shape index (κ2) is 7.18. The van der Waals surface area contributed by atoms with Crippen molar-refractivity contribution in [2.45, 2.75) is 20.0 Å². The van der Waals surface area contributed by atoms with Gasteiger partial charge in [-0.3, -0.25) is 4.99 Å². The van der Waals surface area contributed by atoms with E-state index >= 15 is 0 Å². The number of hydrogen-bond acceptors (Lipinski definition) is 5. The van der Waals surface area contributed by atoms with Crippen molar-refractivity contribution in [1.82, 2.24) is 15.6 Å². The van der Waals surface area contributed by atoms with E-state index in [0.29, 0.717) is 13.1 Å². The smallest absolute Gasteiger partial charge is 0.231 e. The van der Waals surface area contributed by atoms with Crippen molar-refractivity contribution in [3.05, 3.63) is 38.3 Å². The van der Waals surface area contributed by atoms with Crippen molar-refractivity contribution in [1.29, 1.82) is 0 Å². The Morgan fingerprint density at radius 3 is 2.91 bits per heavy atom. The molecule has 122 valence electrons. The third kappa shape index (κ3) is 3.94. The fourth-order valence-electron chi connectivity index (χ4n) is 2.17. The van der Waals surface area contributed by atoms with E-state index in [1.165, 1.54) is 4.88 Å². The van der Waals surface area contributed by atoms with Gasteiger partial charge in [-0.2, -0.15) is 0 Å². The first-order chi connectivity index (χ1) is 11.2. The van der Waals surface area contributed by atoms with E-state index in [9.17, 15) is 0 Å². The summed E-state index contributed by atoms with van der Waals surface area (Å²) in [4.78, 5) is 9.76. The number of nitrogens with one attached hydrogen (secondary N) is 2. The summed E-state index contributed by atoms with van der Waals surface area (Å²) in [6.45, 7) is 3.60. The van der Waals surface area contributed by atoms with Gasteiger partial charge in [0, 0.05) is 24.7 Å². The molecule has 1 aliphatic heterocycles. The summed E-state index contributed by atoms with van der Waals surface area (Å²) in [5.41, 5.74) is 1.08. The molecule has 1 aromatic carbocycles. The Hall–Kier alpha value is -1.80. The van der Waals surface area contributed by atoms with Crippen molar-refractivity contribution in [3.63, 3.8) is 0 Å². The first-order valence-corrected chi connectivity index (χ1v) is 8.70. The number of nitrogens with zero attached hydrogens (tertiary/aromatic N) is 2. The monoisotopic (exact) mass is 396 g/mol. The summed E-state index contributed by atoms with van der Waals surface area (Å²) in [6.07, 6.45) is 1.88. The van der Waals surface area contributed by atoms with E-state index < -0.39 is 0 Å².